The summed E-state index contributed by atoms with van der Waals surface area (Å²) in [6.07, 6.45) is 3.09. The van der Waals surface area contributed by atoms with Crippen molar-refractivity contribution in [3.8, 4) is 0 Å². The van der Waals surface area contributed by atoms with Gasteiger partial charge >= 0.3 is 0 Å². The number of ether oxygens (including phenoxy) is 1. The molecule has 1 saturated heterocycles. The maximum atomic E-state index is 12.5. The quantitative estimate of drug-likeness (QED) is 0.814. The lowest BCUT2D eigenvalue weighted by Gasteiger charge is -2.36. The molecule has 6 nitrogen and oxygen atoms in total. The van der Waals surface area contributed by atoms with E-state index in [0.29, 0.717) is 6.42 Å². The van der Waals surface area contributed by atoms with Crippen LogP contribution >= 0.6 is 0 Å². The molecule has 0 spiro atoms. The first-order valence-electron chi connectivity index (χ1n) is 7.47. The van der Waals surface area contributed by atoms with Gasteiger partial charge in [-0.25, -0.2) is 16.8 Å². The lowest BCUT2D eigenvalue weighted by atomic mass is 9.89. The Labute approximate surface area is 138 Å². The fourth-order valence-electron chi connectivity index (χ4n) is 2.77. The van der Waals surface area contributed by atoms with E-state index in [2.05, 4.69) is 5.32 Å². The highest BCUT2D eigenvalue weighted by Gasteiger charge is 2.33. The molecule has 1 N–H and O–H groups in total. The van der Waals surface area contributed by atoms with E-state index in [-0.39, 0.29) is 15.5 Å². The van der Waals surface area contributed by atoms with Gasteiger partial charge < -0.3 is 10.1 Å². The Kier molecular flexibility index (Phi) is 5.50. The van der Waals surface area contributed by atoms with E-state index >= 15 is 0 Å². The molecule has 1 fully saturated rings. The maximum absolute atomic E-state index is 12.5. The van der Waals surface area contributed by atoms with Crippen molar-refractivity contribution in [2.75, 3.05) is 32.2 Å². The molecule has 0 unspecified atom stereocenters. The van der Waals surface area contributed by atoms with Gasteiger partial charge in [-0.1, -0.05) is 0 Å². The topological polar surface area (TPSA) is 89.5 Å². The Morgan fingerprint density at radius 3 is 2.04 bits per heavy atom. The van der Waals surface area contributed by atoms with Crippen LogP contribution in [0.15, 0.2) is 34.1 Å². The summed E-state index contributed by atoms with van der Waals surface area (Å²) in [6.45, 7) is 1.63. The number of sulfone groups is 2. The Morgan fingerprint density at radius 2 is 1.57 bits per heavy atom. The fraction of sp³-hybridized carbons (Fsp3) is 0.600. The number of rotatable bonds is 6. The Balaban J connectivity index is 2.12. The Bertz CT molecular complexity index is 733. The van der Waals surface area contributed by atoms with Crippen LogP contribution in [-0.2, 0) is 24.4 Å². The minimum Gasteiger partial charge on any atom is -0.378 e. The van der Waals surface area contributed by atoms with Crippen molar-refractivity contribution in [2.45, 2.75) is 34.7 Å². The highest BCUT2D eigenvalue weighted by Crippen LogP contribution is 2.28. The van der Waals surface area contributed by atoms with Crippen LogP contribution in [0.3, 0.4) is 0 Å². The summed E-state index contributed by atoms with van der Waals surface area (Å²) in [5.74, 6) is -0.0148. The normalized spacial score (nSPS) is 18.7. The number of benzene rings is 1. The van der Waals surface area contributed by atoms with E-state index in [1.54, 1.807) is 7.11 Å². The molecule has 2 rings (SSSR count). The van der Waals surface area contributed by atoms with Crippen molar-refractivity contribution < 1.29 is 21.6 Å². The molecule has 8 heteroatoms. The molecule has 0 saturated carbocycles. The van der Waals surface area contributed by atoms with Gasteiger partial charge in [0, 0.05) is 13.4 Å². The van der Waals surface area contributed by atoms with E-state index in [1.807, 2.05) is 0 Å². The summed E-state index contributed by atoms with van der Waals surface area (Å²) in [5, 5.41) is 3.24. The summed E-state index contributed by atoms with van der Waals surface area (Å²) < 4.78 is 53.4. The minimum atomic E-state index is -3.47. The van der Waals surface area contributed by atoms with Crippen molar-refractivity contribution in [1.29, 1.82) is 0 Å². The number of methoxy groups -OCH3 is 1. The first-order chi connectivity index (χ1) is 10.7. The lowest BCUT2D eigenvalue weighted by molar-refractivity contribution is -0.0359. The van der Waals surface area contributed by atoms with Gasteiger partial charge in [0.1, 0.15) is 0 Å². The van der Waals surface area contributed by atoms with Crippen molar-refractivity contribution >= 4 is 19.7 Å². The zero-order valence-electron chi connectivity index (χ0n) is 13.4. The van der Waals surface area contributed by atoms with Gasteiger partial charge in [-0.2, -0.15) is 0 Å². The summed E-state index contributed by atoms with van der Waals surface area (Å²) in [5.41, 5.74) is -0.398. The van der Waals surface area contributed by atoms with Crippen molar-refractivity contribution in [1.82, 2.24) is 5.32 Å². The summed E-state index contributed by atoms with van der Waals surface area (Å²) in [6, 6.07) is 5.37. The molecule has 0 amide bonds. The maximum Gasteiger partial charge on any atom is 0.178 e. The molecule has 0 atom stereocenters. The smallest absolute Gasteiger partial charge is 0.178 e. The largest absolute Gasteiger partial charge is 0.378 e. The zero-order valence-corrected chi connectivity index (χ0v) is 15.0. The van der Waals surface area contributed by atoms with Gasteiger partial charge in [0.05, 0.1) is 21.1 Å². The number of nitrogens with one attached hydrogen (secondary N) is 1. The molecule has 1 aliphatic heterocycles. The van der Waals surface area contributed by atoms with Crippen LogP contribution in [0.5, 0.6) is 0 Å². The van der Waals surface area contributed by atoms with Gasteiger partial charge in [-0.05, 0) is 56.6 Å². The van der Waals surface area contributed by atoms with Crippen LogP contribution in [0.2, 0.25) is 0 Å². The van der Waals surface area contributed by atoms with Gasteiger partial charge in [0.2, 0.25) is 0 Å². The second-order valence-electron chi connectivity index (χ2n) is 5.95. The van der Waals surface area contributed by atoms with Crippen molar-refractivity contribution in [3.63, 3.8) is 0 Å². The van der Waals surface area contributed by atoms with Gasteiger partial charge in [0.25, 0.3) is 0 Å². The van der Waals surface area contributed by atoms with E-state index in [0.717, 1.165) is 32.2 Å². The van der Waals surface area contributed by atoms with Crippen molar-refractivity contribution in [3.05, 3.63) is 24.3 Å². The summed E-state index contributed by atoms with van der Waals surface area (Å²) in [7, 11) is -5.17. The molecular weight excluding hydrogens is 338 g/mol. The average molecular weight is 361 g/mol. The van der Waals surface area contributed by atoms with Gasteiger partial charge in [-0.15, -0.1) is 0 Å². The van der Waals surface area contributed by atoms with Crippen LogP contribution in [0, 0.1) is 0 Å². The molecule has 1 heterocycles. The van der Waals surface area contributed by atoms with Crippen LogP contribution in [0.1, 0.15) is 19.3 Å². The number of hydrogen-bond donors (Lipinski definition) is 1. The highest BCUT2D eigenvalue weighted by molar-refractivity contribution is 7.91. The van der Waals surface area contributed by atoms with Gasteiger partial charge in [0.15, 0.2) is 19.7 Å². The molecular formula is C15H23NO5S2. The first-order valence-corrected chi connectivity index (χ1v) is 11.0. The third kappa shape index (κ3) is 4.53. The Morgan fingerprint density at radius 1 is 1.04 bits per heavy atom. The van der Waals surface area contributed by atoms with Crippen molar-refractivity contribution in [2.24, 2.45) is 0 Å². The van der Waals surface area contributed by atoms with Crippen LogP contribution in [0.4, 0.5) is 0 Å². The van der Waals surface area contributed by atoms with E-state index in [9.17, 15) is 16.8 Å². The Hall–Kier alpha value is -0.960. The van der Waals surface area contributed by atoms with Crippen LogP contribution in [-0.4, -0.2) is 54.6 Å². The predicted molar refractivity (Wildman–Crippen MR) is 88.1 cm³/mol. The molecule has 1 aliphatic rings. The summed E-state index contributed by atoms with van der Waals surface area (Å²) >= 11 is 0. The highest BCUT2D eigenvalue weighted by atomic mass is 32.2. The third-order valence-electron chi connectivity index (χ3n) is 4.39. The molecule has 1 aromatic carbocycles. The van der Waals surface area contributed by atoms with Crippen LogP contribution < -0.4 is 5.32 Å². The molecule has 23 heavy (non-hydrogen) atoms. The van der Waals surface area contributed by atoms with Gasteiger partial charge in [-0.3, -0.25) is 0 Å². The lowest BCUT2D eigenvalue weighted by Crippen LogP contribution is -2.44. The molecule has 0 radical (unpaired) electrons. The average Bonchev–Trinajstić information content (AvgIpc) is 2.53. The standard InChI is InChI=1S/C15H23NO5S2/c1-21-15(7-10-16-11-8-15)9-12-23(19,20)14-5-3-13(4-6-14)22(2,17)18/h3-6,16H,7-12H2,1-2H3. The second-order valence-corrected chi connectivity index (χ2v) is 10.1. The number of piperidine rings is 1. The van der Waals surface area contributed by atoms with E-state index in [1.165, 1.54) is 24.3 Å². The molecule has 0 aromatic heterocycles. The molecule has 130 valence electrons. The predicted octanol–water partition coefficient (Wildman–Crippen LogP) is 1.02. The molecule has 1 aromatic rings. The first kappa shape index (κ1) is 18.4. The third-order valence-corrected chi connectivity index (χ3v) is 7.25. The van der Waals surface area contributed by atoms with Crippen LogP contribution in [0.25, 0.3) is 0 Å². The van der Waals surface area contributed by atoms with E-state index < -0.39 is 25.3 Å². The number of hydrogen-bond acceptors (Lipinski definition) is 6. The fourth-order valence-corrected chi connectivity index (χ4v) is 4.83. The molecule has 0 aliphatic carbocycles. The monoisotopic (exact) mass is 361 g/mol. The second kappa shape index (κ2) is 6.88. The molecule has 0 bridgehead atoms. The summed E-state index contributed by atoms with van der Waals surface area (Å²) in [4.78, 5) is 0.258. The minimum absolute atomic E-state index is 0.0148. The zero-order chi connectivity index (χ0) is 17.1. The SMILES string of the molecule is COC1(CCS(=O)(=O)c2ccc(S(C)(=O)=O)cc2)CCNCC1. The van der Waals surface area contributed by atoms with E-state index in [4.69, 9.17) is 4.74 Å².